The van der Waals surface area contributed by atoms with E-state index in [2.05, 4.69) is 5.92 Å². The van der Waals surface area contributed by atoms with Crippen molar-refractivity contribution < 1.29 is 9.84 Å². The SMILES string of the molecule is C#C[C@H](C)[C@H](OC)[C@H](C)[C@@H](O)/C=C/c1ccccc1. The molecule has 1 N–H and O–H groups in total. The maximum atomic E-state index is 10.2. The number of hydrogen-bond donors (Lipinski definition) is 1. The molecule has 0 radical (unpaired) electrons. The predicted octanol–water partition coefficient (Wildman–Crippen LogP) is 2.98. The van der Waals surface area contributed by atoms with Gasteiger partial charge in [0.25, 0.3) is 0 Å². The second kappa shape index (κ2) is 7.78. The lowest BCUT2D eigenvalue weighted by Gasteiger charge is -2.27. The van der Waals surface area contributed by atoms with Gasteiger partial charge in [0.2, 0.25) is 0 Å². The van der Waals surface area contributed by atoms with Crippen LogP contribution in [-0.4, -0.2) is 24.4 Å². The van der Waals surface area contributed by atoms with Gasteiger partial charge in [0.1, 0.15) is 0 Å². The van der Waals surface area contributed by atoms with Crippen molar-refractivity contribution in [3.05, 3.63) is 42.0 Å². The number of aliphatic hydroxyl groups is 1. The summed E-state index contributed by atoms with van der Waals surface area (Å²) in [6.45, 7) is 3.88. The molecule has 0 bridgehead atoms. The van der Waals surface area contributed by atoms with Gasteiger partial charge < -0.3 is 9.84 Å². The predicted molar refractivity (Wildman–Crippen MR) is 79.4 cm³/mol. The van der Waals surface area contributed by atoms with Gasteiger partial charge in [-0.25, -0.2) is 0 Å². The van der Waals surface area contributed by atoms with Crippen molar-refractivity contribution in [2.75, 3.05) is 7.11 Å². The first-order valence-electron chi connectivity index (χ1n) is 6.50. The molecule has 0 aliphatic rings. The van der Waals surface area contributed by atoms with Crippen LogP contribution in [0.15, 0.2) is 36.4 Å². The Morgan fingerprint density at radius 3 is 2.42 bits per heavy atom. The zero-order valence-electron chi connectivity index (χ0n) is 11.8. The molecule has 0 aliphatic heterocycles. The van der Waals surface area contributed by atoms with Crippen molar-refractivity contribution in [3.63, 3.8) is 0 Å². The van der Waals surface area contributed by atoms with Crippen LogP contribution in [0.3, 0.4) is 0 Å². The maximum absolute atomic E-state index is 10.2. The van der Waals surface area contributed by atoms with Crippen molar-refractivity contribution in [2.24, 2.45) is 11.8 Å². The van der Waals surface area contributed by atoms with Gasteiger partial charge in [-0.05, 0) is 12.5 Å². The average molecular weight is 258 g/mol. The van der Waals surface area contributed by atoms with Crippen LogP contribution in [0.1, 0.15) is 19.4 Å². The molecule has 0 fully saturated rings. The fourth-order valence-corrected chi connectivity index (χ4v) is 2.11. The Morgan fingerprint density at radius 1 is 1.26 bits per heavy atom. The van der Waals surface area contributed by atoms with Gasteiger partial charge in [0.15, 0.2) is 0 Å². The average Bonchev–Trinajstić information content (AvgIpc) is 2.46. The fourth-order valence-electron chi connectivity index (χ4n) is 2.11. The summed E-state index contributed by atoms with van der Waals surface area (Å²) in [5, 5.41) is 10.2. The first-order valence-corrected chi connectivity index (χ1v) is 6.50. The normalized spacial score (nSPS) is 17.6. The van der Waals surface area contributed by atoms with Crippen LogP contribution in [0.5, 0.6) is 0 Å². The smallest absolute Gasteiger partial charge is 0.0774 e. The van der Waals surface area contributed by atoms with Crippen LogP contribution < -0.4 is 0 Å². The molecule has 0 amide bonds. The fraction of sp³-hybridized carbons (Fsp3) is 0.412. The molecular formula is C17H22O2. The maximum Gasteiger partial charge on any atom is 0.0774 e. The summed E-state index contributed by atoms with van der Waals surface area (Å²) in [5.41, 5.74) is 1.06. The van der Waals surface area contributed by atoms with Crippen LogP contribution in [0.2, 0.25) is 0 Å². The Hall–Kier alpha value is -1.56. The van der Waals surface area contributed by atoms with E-state index in [-0.39, 0.29) is 17.9 Å². The lowest BCUT2D eigenvalue weighted by molar-refractivity contribution is -0.00676. The van der Waals surface area contributed by atoms with E-state index >= 15 is 0 Å². The molecule has 19 heavy (non-hydrogen) atoms. The lowest BCUT2D eigenvalue weighted by atomic mass is 9.89. The van der Waals surface area contributed by atoms with E-state index in [9.17, 15) is 5.11 Å². The van der Waals surface area contributed by atoms with Crippen molar-refractivity contribution in [2.45, 2.75) is 26.1 Å². The highest BCUT2D eigenvalue weighted by Crippen LogP contribution is 2.20. The molecule has 0 spiro atoms. The quantitative estimate of drug-likeness (QED) is 0.795. The van der Waals surface area contributed by atoms with Crippen molar-refractivity contribution in [1.82, 2.24) is 0 Å². The minimum absolute atomic E-state index is 0.0280. The Balaban J connectivity index is 2.69. The monoisotopic (exact) mass is 258 g/mol. The highest BCUT2D eigenvalue weighted by molar-refractivity contribution is 5.49. The molecule has 0 aliphatic carbocycles. The van der Waals surface area contributed by atoms with Gasteiger partial charge in [-0.3, -0.25) is 0 Å². The van der Waals surface area contributed by atoms with E-state index in [1.54, 1.807) is 13.2 Å². The Bertz CT molecular complexity index is 430. The third-order valence-electron chi connectivity index (χ3n) is 3.37. The summed E-state index contributed by atoms with van der Waals surface area (Å²) in [4.78, 5) is 0. The molecule has 0 saturated carbocycles. The molecule has 0 unspecified atom stereocenters. The van der Waals surface area contributed by atoms with E-state index in [0.29, 0.717) is 0 Å². The number of hydrogen-bond acceptors (Lipinski definition) is 2. The minimum Gasteiger partial charge on any atom is -0.389 e. The van der Waals surface area contributed by atoms with E-state index in [0.717, 1.165) is 5.56 Å². The molecule has 1 aromatic rings. The Labute approximate surface area is 116 Å². The molecule has 102 valence electrons. The summed E-state index contributed by atoms with van der Waals surface area (Å²) in [7, 11) is 1.63. The van der Waals surface area contributed by atoms with Crippen LogP contribution in [0.4, 0.5) is 0 Å². The van der Waals surface area contributed by atoms with Gasteiger partial charge in [0.05, 0.1) is 12.2 Å². The molecule has 0 heterocycles. The van der Waals surface area contributed by atoms with Gasteiger partial charge >= 0.3 is 0 Å². The standard InChI is InChI=1S/C17H22O2/c1-5-13(2)17(19-4)14(3)16(18)12-11-15-9-7-6-8-10-15/h1,6-14,16-18H,2-4H3/b12-11+/t13-,14+,16-,17-/m0/s1. The van der Waals surface area contributed by atoms with Crippen molar-refractivity contribution in [1.29, 1.82) is 0 Å². The topological polar surface area (TPSA) is 29.5 Å². The number of rotatable bonds is 6. The highest BCUT2D eigenvalue weighted by atomic mass is 16.5. The lowest BCUT2D eigenvalue weighted by Crippen LogP contribution is -2.34. The number of ether oxygens (including phenoxy) is 1. The molecule has 1 aromatic carbocycles. The van der Waals surface area contributed by atoms with E-state index in [1.807, 2.05) is 50.3 Å². The molecule has 1 rings (SSSR count). The van der Waals surface area contributed by atoms with Crippen molar-refractivity contribution >= 4 is 6.08 Å². The first kappa shape index (κ1) is 15.5. The van der Waals surface area contributed by atoms with Crippen LogP contribution >= 0.6 is 0 Å². The third kappa shape index (κ3) is 4.55. The summed E-state index contributed by atoms with van der Waals surface area (Å²) < 4.78 is 5.40. The van der Waals surface area contributed by atoms with Crippen molar-refractivity contribution in [3.8, 4) is 12.3 Å². The van der Waals surface area contributed by atoms with Gasteiger partial charge in [0, 0.05) is 18.9 Å². The van der Waals surface area contributed by atoms with Gasteiger partial charge in [-0.2, -0.15) is 0 Å². The third-order valence-corrected chi connectivity index (χ3v) is 3.37. The Morgan fingerprint density at radius 2 is 1.89 bits per heavy atom. The van der Waals surface area contributed by atoms with E-state index < -0.39 is 6.10 Å². The largest absolute Gasteiger partial charge is 0.389 e. The summed E-state index contributed by atoms with van der Waals surface area (Å²) in [6, 6.07) is 9.88. The summed E-state index contributed by atoms with van der Waals surface area (Å²) in [6.07, 6.45) is 8.39. The number of benzene rings is 1. The van der Waals surface area contributed by atoms with Gasteiger partial charge in [-0.15, -0.1) is 12.3 Å². The number of terminal acetylenes is 1. The molecular weight excluding hydrogens is 236 g/mol. The minimum atomic E-state index is -0.582. The van der Waals surface area contributed by atoms with Crippen LogP contribution in [-0.2, 0) is 4.74 Å². The molecule has 0 aromatic heterocycles. The molecule has 2 nitrogen and oxygen atoms in total. The van der Waals surface area contributed by atoms with Crippen LogP contribution in [0.25, 0.3) is 6.08 Å². The first-order chi connectivity index (χ1) is 9.10. The zero-order valence-corrected chi connectivity index (χ0v) is 11.8. The summed E-state index contributed by atoms with van der Waals surface area (Å²) in [5.74, 6) is 2.58. The van der Waals surface area contributed by atoms with Gasteiger partial charge in [-0.1, -0.05) is 49.4 Å². The van der Waals surface area contributed by atoms with E-state index in [1.165, 1.54) is 0 Å². The molecule has 0 saturated heterocycles. The summed E-state index contributed by atoms with van der Waals surface area (Å²) >= 11 is 0. The molecule has 2 heteroatoms. The number of aliphatic hydroxyl groups excluding tert-OH is 1. The molecule has 4 atom stereocenters. The van der Waals surface area contributed by atoms with Crippen LogP contribution in [0, 0.1) is 24.2 Å². The second-order valence-electron chi connectivity index (χ2n) is 4.78. The highest BCUT2D eigenvalue weighted by Gasteiger charge is 2.26. The van der Waals surface area contributed by atoms with E-state index in [4.69, 9.17) is 11.2 Å². The zero-order chi connectivity index (χ0) is 14.3. The Kier molecular flexibility index (Phi) is 6.35. The second-order valence-corrected chi connectivity index (χ2v) is 4.78. The number of methoxy groups -OCH3 is 1.